The molecule has 26 heavy (non-hydrogen) atoms. The summed E-state index contributed by atoms with van der Waals surface area (Å²) in [6.45, 7) is 8.30. The summed E-state index contributed by atoms with van der Waals surface area (Å²) in [5, 5.41) is 2.86. The number of likely N-dealkylation sites (N-methyl/N-ethyl adjacent to an activating group) is 1. The van der Waals surface area contributed by atoms with Gasteiger partial charge in [-0.1, -0.05) is 18.2 Å². The summed E-state index contributed by atoms with van der Waals surface area (Å²) in [5.74, 6) is 1.76. The molecular formula is C21H27N3O2. The van der Waals surface area contributed by atoms with Crippen LogP contribution in [0.2, 0.25) is 0 Å². The van der Waals surface area contributed by atoms with Crippen molar-refractivity contribution in [1.29, 1.82) is 0 Å². The standard InChI is InChI=1S/C21H27N3O2/c1-4-22-21(25)16(3)17-8-10-18(11-9-17)26-19-12-13-24(14-19)20-7-5-6-15(2)23-20/h5-11,16,19H,4,12-14H2,1-3H3,(H,22,25). The molecule has 2 unspecified atom stereocenters. The fourth-order valence-corrected chi connectivity index (χ4v) is 3.24. The van der Waals surface area contributed by atoms with E-state index in [4.69, 9.17) is 4.74 Å². The molecule has 0 bridgehead atoms. The average Bonchev–Trinajstić information content (AvgIpc) is 3.10. The van der Waals surface area contributed by atoms with Crippen LogP contribution in [0.4, 0.5) is 5.82 Å². The van der Waals surface area contributed by atoms with E-state index < -0.39 is 0 Å². The number of pyridine rings is 1. The number of rotatable bonds is 6. The quantitative estimate of drug-likeness (QED) is 0.866. The van der Waals surface area contributed by atoms with Crippen molar-refractivity contribution in [3.8, 4) is 5.75 Å². The Morgan fingerprint density at radius 1 is 1.31 bits per heavy atom. The molecule has 1 amide bonds. The summed E-state index contributed by atoms with van der Waals surface area (Å²) in [5.41, 5.74) is 2.03. The highest BCUT2D eigenvalue weighted by Gasteiger charge is 2.25. The number of hydrogen-bond acceptors (Lipinski definition) is 4. The Kier molecular flexibility index (Phi) is 5.76. The van der Waals surface area contributed by atoms with Crippen molar-refractivity contribution in [1.82, 2.24) is 10.3 Å². The van der Waals surface area contributed by atoms with Crippen molar-refractivity contribution >= 4 is 11.7 Å². The van der Waals surface area contributed by atoms with Crippen molar-refractivity contribution in [2.45, 2.75) is 39.2 Å². The third kappa shape index (κ3) is 4.34. The number of hydrogen-bond donors (Lipinski definition) is 1. The van der Waals surface area contributed by atoms with Gasteiger partial charge in [0.05, 0.1) is 12.5 Å². The third-order valence-electron chi connectivity index (χ3n) is 4.77. The molecule has 0 saturated carbocycles. The second-order valence-electron chi connectivity index (χ2n) is 6.80. The number of benzene rings is 1. The summed E-state index contributed by atoms with van der Waals surface area (Å²) < 4.78 is 6.13. The van der Waals surface area contributed by atoms with E-state index in [9.17, 15) is 4.79 Å². The van der Waals surface area contributed by atoms with E-state index in [0.29, 0.717) is 6.54 Å². The normalized spacial score (nSPS) is 17.8. The highest BCUT2D eigenvalue weighted by molar-refractivity contribution is 5.83. The van der Waals surface area contributed by atoms with Crippen LogP contribution in [0.5, 0.6) is 5.75 Å². The van der Waals surface area contributed by atoms with Gasteiger partial charge in [0.1, 0.15) is 17.7 Å². The molecule has 1 aromatic carbocycles. The molecule has 3 rings (SSSR count). The summed E-state index contributed by atoms with van der Waals surface area (Å²) in [6.07, 6.45) is 1.14. The summed E-state index contributed by atoms with van der Waals surface area (Å²) in [6, 6.07) is 14.0. The Morgan fingerprint density at radius 3 is 2.77 bits per heavy atom. The van der Waals surface area contributed by atoms with E-state index in [0.717, 1.165) is 42.3 Å². The van der Waals surface area contributed by atoms with Crippen LogP contribution in [0.3, 0.4) is 0 Å². The van der Waals surface area contributed by atoms with Gasteiger partial charge in [-0.15, -0.1) is 0 Å². The maximum atomic E-state index is 11.9. The Hall–Kier alpha value is -2.56. The largest absolute Gasteiger partial charge is 0.489 e. The van der Waals surface area contributed by atoms with E-state index in [1.54, 1.807) is 0 Å². The lowest BCUT2D eigenvalue weighted by atomic mass is 10.0. The first-order valence-corrected chi connectivity index (χ1v) is 9.29. The average molecular weight is 353 g/mol. The summed E-state index contributed by atoms with van der Waals surface area (Å²) >= 11 is 0. The van der Waals surface area contributed by atoms with Gasteiger partial charge in [0.15, 0.2) is 0 Å². The lowest BCUT2D eigenvalue weighted by Crippen LogP contribution is -2.27. The molecule has 1 aliphatic heterocycles. The van der Waals surface area contributed by atoms with Gasteiger partial charge in [-0.05, 0) is 50.6 Å². The molecule has 0 aliphatic carbocycles. The van der Waals surface area contributed by atoms with Gasteiger partial charge in [-0.25, -0.2) is 4.98 Å². The van der Waals surface area contributed by atoms with Gasteiger partial charge in [0.2, 0.25) is 5.91 Å². The van der Waals surface area contributed by atoms with E-state index in [2.05, 4.69) is 15.2 Å². The molecule has 5 heteroatoms. The number of aryl methyl sites for hydroxylation is 1. The lowest BCUT2D eigenvalue weighted by Gasteiger charge is -2.18. The van der Waals surface area contributed by atoms with Crippen LogP contribution in [0.1, 0.15) is 37.4 Å². The van der Waals surface area contributed by atoms with Crippen molar-refractivity contribution in [2.24, 2.45) is 0 Å². The van der Waals surface area contributed by atoms with Gasteiger partial charge < -0.3 is 15.0 Å². The Bertz CT molecular complexity index is 745. The molecule has 0 spiro atoms. The van der Waals surface area contributed by atoms with Gasteiger partial charge in [0.25, 0.3) is 0 Å². The van der Waals surface area contributed by atoms with Crippen molar-refractivity contribution in [3.63, 3.8) is 0 Å². The maximum absolute atomic E-state index is 11.9. The van der Waals surface area contributed by atoms with E-state index in [1.807, 2.05) is 63.2 Å². The maximum Gasteiger partial charge on any atom is 0.227 e. The van der Waals surface area contributed by atoms with Crippen LogP contribution in [0.25, 0.3) is 0 Å². The fourth-order valence-electron chi connectivity index (χ4n) is 3.24. The third-order valence-corrected chi connectivity index (χ3v) is 4.77. The number of nitrogens with one attached hydrogen (secondary N) is 1. The highest BCUT2D eigenvalue weighted by Crippen LogP contribution is 2.24. The zero-order chi connectivity index (χ0) is 18.5. The number of ether oxygens (including phenoxy) is 1. The molecule has 2 heterocycles. The Labute approximate surface area is 155 Å². The summed E-state index contributed by atoms with van der Waals surface area (Å²) in [7, 11) is 0. The zero-order valence-corrected chi connectivity index (χ0v) is 15.7. The van der Waals surface area contributed by atoms with Crippen LogP contribution in [-0.2, 0) is 4.79 Å². The van der Waals surface area contributed by atoms with E-state index in [-0.39, 0.29) is 17.9 Å². The smallest absolute Gasteiger partial charge is 0.227 e. The number of carbonyl (C=O) groups excluding carboxylic acids is 1. The van der Waals surface area contributed by atoms with Crippen molar-refractivity contribution in [2.75, 3.05) is 24.5 Å². The first-order valence-electron chi connectivity index (χ1n) is 9.29. The van der Waals surface area contributed by atoms with Gasteiger partial charge >= 0.3 is 0 Å². The molecule has 1 aromatic heterocycles. The Morgan fingerprint density at radius 2 is 2.08 bits per heavy atom. The van der Waals surface area contributed by atoms with Gasteiger partial charge in [0, 0.05) is 25.2 Å². The molecular weight excluding hydrogens is 326 g/mol. The fraction of sp³-hybridized carbons (Fsp3) is 0.429. The molecule has 1 fully saturated rings. The lowest BCUT2D eigenvalue weighted by molar-refractivity contribution is -0.122. The number of nitrogens with zero attached hydrogens (tertiary/aromatic N) is 2. The van der Waals surface area contributed by atoms with Crippen LogP contribution >= 0.6 is 0 Å². The number of aromatic nitrogens is 1. The second-order valence-corrected chi connectivity index (χ2v) is 6.80. The molecule has 1 aliphatic rings. The molecule has 1 saturated heterocycles. The van der Waals surface area contributed by atoms with Gasteiger partial charge in [-0.3, -0.25) is 4.79 Å². The first-order chi connectivity index (χ1) is 12.6. The molecule has 1 N–H and O–H groups in total. The van der Waals surface area contributed by atoms with Crippen molar-refractivity contribution in [3.05, 3.63) is 53.7 Å². The minimum Gasteiger partial charge on any atom is -0.489 e. The van der Waals surface area contributed by atoms with Crippen molar-refractivity contribution < 1.29 is 9.53 Å². The number of amides is 1. The summed E-state index contributed by atoms with van der Waals surface area (Å²) in [4.78, 5) is 18.8. The monoisotopic (exact) mass is 353 g/mol. The van der Waals surface area contributed by atoms with Crippen LogP contribution in [0, 0.1) is 6.92 Å². The first kappa shape index (κ1) is 18.2. The molecule has 5 nitrogen and oxygen atoms in total. The van der Waals surface area contributed by atoms with E-state index >= 15 is 0 Å². The topological polar surface area (TPSA) is 54.5 Å². The molecule has 2 aromatic rings. The SMILES string of the molecule is CCNC(=O)C(C)c1ccc(OC2CCN(c3cccc(C)n3)C2)cc1. The van der Waals surface area contributed by atoms with Crippen LogP contribution in [0.15, 0.2) is 42.5 Å². The number of anilines is 1. The minimum atomic E-state index is -0.154. The molecule has 0 radical (unpaired) electrons. The van der Waals surface area contributed by atoms with Gasteiger partial charge in [-0.2, -0.15) is 0 Å². The highest BCUT2D eigenvalue weighted by atomic mass is 16.5. The van der Waals surface area contributed by atoms with Crippen LogP contribution in [-0.4, -0.2) is 36.6 Å². The molecule has 2 atom stereocenters. The van der Waals surface area contributed by atoms with Crippen LogP contribution < -0.4 is 15.0 Å². The minimum absolute atomic E-state index is 0.0539. The second kappa shape index (κ2) is 8.21. The zero-order valence-electron chi connectivity index (χ0n) is 15.7. The molecule has 138 valence electrons. The number of carbonyl (C=O) groups is 1. The van der Waals surface area contributed by atoms with E-state index in [1.165, 1.54) is 0 Å². The predicted molar refractivity (Wildman–Crippen MR) is 104 cm³/mol. The Balaban J connectivity index is 1.57. The predicted octanol–water partition coefficient (Wildman–Crippen LogP) is 3.29.